The van der Waals surface area contributed by atoms with Crippen LogP contribution in [0.3, 0.4) is 0 Å². The SMILES string of the molecule is CCCC12COC(c3cc(F)c(-c4cc(F)c(C=Cc5cc(F)c(C(F)(F)OC(F)(F)F)c(F)c5)c(F)c4)c(F)c3)(OC1)O2. The molecule has 0 aliphatic carbocycles. The van der Waals surface area contributed by atoms with Crippen LogP contribution in [0.5, 0.6) is 0 Å². The van der Waals surface area contributed by atoms with Crippen LogP contribution < -0.4 is 0 Å². The molecular formula is C29H19F11O4. The van der Waals surface area contributed by atoms with Crippen LogP contribution in [-0.4, -0.2) is 25.2 Å². The Labute approximate surface area is 241 Å². The van der Waals surface area contributed by atoms with Crippen molar-refractivity contribution in [2.45, 2.75) is 43.8 Å². The van der Waals surface area contributed by atoms with E-state index in [1.54, 1.807) is 0 Å². The van der Waals surface area contributed by atoms with Crippen LogP contribution >= 0.6 is 0 Å². The molecule has 3 aromatic rings. The molecule has 2 aliphatic heterocycles. The molecule has 0 unspecified atom stereocenters. The molecule has 2 bridgehead atoms. The fraction of sp³-hybridized carbons (Fsp3) is 0.310. The second-order valence-corrected chi connectivity index (χ2v) is 10.1. The monoisotopic (exact) mass is 640 g/mol. The molecule has 2 fully saturated rings. The Morgan fingerprint density at radius 3 is 1.80 bits per heavy atom. The summed E-state index contributed by atoms with van der Waals surface area (Å²) in [6, 6.07) is 3.18. The minimum absolute atomic E-state index is 0.125. The average Bonchev–Trinajstić information content (AvgIpc) is 3.43. The molecule has 0 amide bonds. The van der Waals surface area contributed by atoms with Crippen molar-refractivity contribution in [3.8, 4) is 11.1 Å². The molecule has 0 atom stereocenters. The number of ether oxygens (including phenoxy) is 4. The number of benzene rings is 3. The Morgan fingerprint density at radius 1 is 0.750 bits per heavy atom. The van der Waals surface area contributed by atoms with Crippen LogP contribution in [-0.2, 0) is 31.0 Å². The molecule has 0 radical (unpaired) electrons. The summed E-state index contributed by atoms with van der Waals surface area (Å²) in [4.78, 5) is 0. The lowest BCUT2D eigenvalue weighted by Crippen LogP contribution is -2.35. The first-order valence-corrected chi connectivity index (χ1v) is 12.8. The zero-order valence-corrected chi connectivity index (χ0v) is 22.2. The lowest BCUT2D eigenvalue weighted by Gasteiger charge is -2.25. The van der Waals surface area contributed by atoms with Gasteiger partial charge >= 0.3 is 18.4 Å². The summed E-state index contributed by atoms with van der Waals surface area (Å²) in [7, 11) is 0. The molecular weight excluding hydrogens is 621 g/mol. The van der Waals surface area contributed by atoms with Crippen molar-refractivity contribution in [2.75, 3.05) is 13.2 Å². The second kappa shape index (κ2) is 11.1. The van der Waals surface area contributed by atoms with Crippen molar-refractivity contribution in [2.24, 2.45) is 0 Å². The summed E-state index contributed by atoms with van der Waals surface area (Å²) in [6.45, 7) is 2.16. The van der Waals surface area contributed by atoms with Crippen molar-refractivity contribution < 1.29 is 67.2 Å². The zero-order valence-electron chi connectivity index (χ0n) is 22.2. The summed E-state index contributed by atoms with van der Waals surface area (Å²) < 4.78 is 172. The van der Waals surface area contributed by atoms with Crippen LogP contribution in [0.1, 0.15) is 42.0 Å². The lowest BCUT2D eigenvalue weighted by molar-refractivity contribution is -0.432. The van der Waals surface area contributed by atoms with E-state index in [1.807, 2.05) is 6.92 Å². The molecule has 5 rings (SSSR count). The van der Waals surface area contributed by atoms with Crippen LogP contribution in [0.25, 0.3) is 23.3 Å². The maximum Gasteiger partial charge on any atom is 0.527 e. The van der Waals surface area contributed by atoms with Crippen molar-refractivity contribution in [3.63, 3.8) is 0 Å². The molecule has 44 heavy (non-hydrogen) atoms. The molecule has 236 valence electrons. The van der Waals surface area contributed by atoms with E-state index in [4.69, 9.17) is 14.2 Å². The van der Waals surface area contributed by atoms with Crippen LogP contribution in [0.2, 0.25) is 0 Å². The number of halogens is 11. The van der Waals surface area contributed by atoms with Crippen molar-refractivity contribution >= 4 is 12.2 Å². The third kappa shape index (κ3) is 5.93. The van der Waals surface area contributed by atoms with Gasteiger partial charge in [0.15, 0.2) is 0 Å². The number of hydrogen-bond acceptors (Lipinski definition) is 4. The summed E-state index contributed by atoms with van der Waals surface area (Å²) in [5, 5.41) is 0. The zero-order chi connectivity index (χ0) is 32.2. The number of alkyl halides is 5. The van der Waals surface area contributed by atoms with Crippen molar-refractivity contribution in [1.29, 1.82) is 0 Å². The van der Waals surface area contributed by atoms with Gasteiger partial charge in [-0.15, -0.1) is 13.2 Å². The molecule has 2 aliphatic rings. The molecule has 0 aromatic heterocycles. The van der Waals surface area contributed by atoms with Gasteiger partial charge in [0.05, 0.1) is 18.8 Å². The van der Waals surface area contributed by atoms with E-state index in [1.165, 1.54) is 0 Å². The normalized spacial score (nSPS) is 22.0. The minimum atomic E-state index is -5.93. The second-order valence-electron chi connectivity index (χ2n) is 10.1. The Balaban J connectivity index is 1.41. The fourth-order valence-corrected chi connectivity index (χ4v) is 5.07. The number of fused-ring (bicyclic) bond motifs is 2. The lowest BCUT2D eigenvalue weighted by atomic mass is 9.99. The molecule has 15 heteroatoms. The molecule has 2 saturated heterocycles. The molecule has 0 N–H and O–H groups in total. The predicted octanol–water partition coefficient (Wildman–Crippen LogP) is 8.67. The maximum absolute atomic E-state index is 15.2. The van der Waals surface area contributed by atoms with Gasteiger partial charge in [-0.3, -0.25) is 0 Å². The van der Waals surface area contributed by atoms with E-state index in [2.05, 4.69) is 4.74 Å². The molecule has 3 aromatic carbocycles. The van der Waals surface area contributed by atoms with Crippen LogP contribution in [0.15, 0.2) is 36.4 Å². The summed E-state index contributed by atoms with van der Waals surface area (Å²) in [6.07, 6.45) is -8.77. The molecule has 0 saturated carbocycles. The number of rotatable bonds is 8. The van der Waals surface area contributed by atoms with Gasteiger partial charge < -0.3 is 14.2 Å². The first kappa shape index (κ1) is 31.9. The Bertz CT molecular complexity index is 1560. The van der Waals surface area contributed by atoms with Crippen molar-refractivity contribution in [1.82, 2.24) is 0 Å². The van der Waals surface area contributed by atoms with Gasteiger partial charge in [0.25, 0.3) is 0 Å². The van der Waals surface area contributed by atoms with Gasteiger partial charge in [-0.25, -0.2) is 31.1 Å². The van der Waals surface area contributed by atoms with E-state index < -0.39 is 86.8 Å². The largest absolute Gasteiger partial charge is 0.527 e. The maximum atomic E-state index is 15.2. The highest BCUT2D eigenvalue weighted by Gasteiger charge is 2.59. The summed E-state index contributed by atoms with van der Waals surface area (Å²) in [5.41, 5.74) is -6.12. The van der Waals surface area contributed by atoms with Crippen LogP contribution in [0, 0.1) is 34.9 Å². The fourth-order valence-electron chi connectivity index (χ4n) is 5.07. The topological polar surface area (TPSA) is 36.9 Å². The highest BCUT2D eigenvalue weighted by atomic mass is 19.4. The first-order valence-electron chi connectivity index (χ1n) is 12.8. The van der Waals surface area contributed by atoms with E-state index in [9.17, 15) is 39.5 Å². The standard InChI is InChI=1S/C29H19F11O4/c1-2-5-26-12-41-28(43-26,42-13-26)16-10-20(32)24(21(33)11-16)15-8-18(30)17(19(31)9-15)4-3-14-6-22(34)25(23(35)7-14)27(36,37)44-29(38,39)40/h3-4,6-11H,2,5,12-13H2,1H3. The Kier molecular flexibility index (Phi) is 8.06. The highest BCUT2D eigenvalue weighted by Crippen LogP contribution is 2.49. The van der Waals surface area contributed by atoms with E-state index in [-0.39, 0.29) is 30.9 Å². The molecule has 0 spiro atoms. The van der Waals surface area contributed by atoms with E-state index in [0.29, 0.717) is 30.7 Å². The number of hydrogen-bond donors (Lipinski definition) is 0. The van der Waals surface area contributed by atoms with Crippen LogP contribution in [0.4, 0.5) is 48.3 Å². The summed E-state index contributed by atoms with van der Waals surface area (Å²) >= 11 is 0. The predicted molar refractivity (Wildman–Crippen MR) is 130 cm³/mol. The molecule has 4 nitrogen and oxygen atoms in total. The summed E-state index contributed by atoms with van der Waals surface area (Å²) in [5.74, 6) is -11.4. The highest BCUT2D eigenvalue weighted by molar-refractivity contribution is 5.73. The molecule has 2 heterocycles. The van der Waals surface area contributed by atoms with E-state index >= 15 is 8.78 Å². The van der Waals surface area contributed by atoms with Gasteiger partial charge in [0, 0.05) is 11.1 Å². The minimum Gasteiger partial charge on any atom is -0.320 e. The van der Waals surface area contributed by atoms with Crippen molar-refractivity contribution in [3.05, 3.63) is 93.6 Å². The smallest absolute Gasteiger partial charge is 0.320 e. The Morgan fingerprint density at radius 2 is 1.30 bits per heavy atom. The quantitative estimate of drug-likeness (QED) is 0.183. The first-order chi connectivity index (χ1) is 20.5. The van der Waals surface area contributed by atoms with Gasteiger partial charge in [-0.2, -0.15) is 8.78 Å². The van der Waals surface area contributed by atoms with E-state index in [0.717, 1.165) is 18.6 Å². The van der Waals surface area contributed by atoms with Gasteiger partial charge in [0.2, 0.25) is 0 Å². The Hall–Kier alpha value is -3.53. The average molecular weight is 640 g/mol. The van der Waals surface area contributed by atoms with Gasteiger partial charge in [0.1, 0.15) is 46.1 Å². The van der Waals surface area contributed by atoms with Gasteiger partial charge in [-0.1, -0.05) is 19.4 Å². The van der Waals surface area contributed by atoms with Gasteiger partial charge in [-0.05, 0) is 60.0 Å². The third-order valence-corrected chi connectivity index (χ3v) is 6.91. The third-order valence-electron chi connectivity index (χ3n) is 6.91.